The first-order valence-corrected chi connectivity index (χ1v) is 13.2. The summed E-state index contributed by atoms with van der Waals surface area (Å²) < 4.78 is 42.2. The van der Waals surface area contributed by atoms with Gasteiger partial charge < -0.3 is 14.2 Å². The van der Waals surface area contributed by atoms with E-state index in [-0.39, 0.29) is 4.90 Å². The molecule has 2 aromatic carbocycles. The van der Waals surface area contributed by atoms with Crippen molar-refractivity contribution in [2.24, 2.45) is 0 Å². The summed E-state index contributed by atoms with van der Waals surface area (Å²) in [6.07, 6.45) is 7.08. The standard InChI is InChI=1S/C16H27NO3S.C10H14O2/c1-4-5-6-7-8-9-12-20-15-11-10-14(2)13-16(15)21(18,19)17-3;1-9-3-5-10(6-4-9)12-8-7-11-2/h10-11,13,17H,4-9,12H2,1-3H3;3-6H,7-8H2,1-2H3. The van der Waals surface area contributed by atoms with Crippen molar-refractivity contribution in [3.05, 3.63) is 53.6 Å². The molecule has 2 rings (SSSR count). The minimum atomic E-state index is -3.48. The number of rotatable bonds is 14. The van der Waals surface area contributed by atoms with E-state index in [2.05, 4.69) is 18.6 Å². The van der Waals surface area contributed by atoms with E-state index in [9.17, 15) is 8.42 Å². The van der Waals surface area contributed by atoms with Crippen LogP contribution in [-0.4, -0.2) is 42.4 Å². The molecule has 0 unspecified atom stereocenters. The number of unbranched alkanes of at least 4 members (excludes halogenated alkanes) is 5. The topological polar surface area (TPSA) is 73.9 Å². The number of nitrogens with one attached hydrogen (secondary N) is 1. The van der Waals surface area contributed by atoms with E-state index < -0.39 is 10.0 Å². The lowest BCUT2D eigenvalue weighted by Gasteiger charge is -2.12. The fourth-order valence-corrected chi connectivity index (χ4v) is 3.95. The molecule has 0 aliphatic rings. The van der Waals surface area contributed by atoms with Crippen LogP contribution in [0, 0.1) is 13.8 Å². The number of benzene rings is 2. The summed E-state index contributed by atoms with van der Waals surface area (Å²) in [7, 11) is -0.404. The maximum Gasteiger partial charge on any atom is 0.244 e. The van der Waals surface area contributed by atoms with Crippen LogP contribution < -0.4 is 14.2 Å². The van der Waals surface area contributed by atoms with Gasteiger partial charge in [0.05, 0.1) is 13.2 Å². The van der Waals surface area contributed by atoms with Gasteiger partial charge in [0.1, 0.15) is 23.0 Å². The van der Waals surface area contributed by atoms with Crippen LogP contribution in [0.3, 0.4) is 0 Å². The van der Waals surface area contributed by atoms with Crippen molar-refractivity contribution in [3.63, 3.8) is 0 Å². The molecule has 0 heterocycles. The molecule has 0 aliphatic carbocycles. The van der Waals surface area contributed by atoms with E-state index in [4.69, 9.17) is 14.2 Å². The van der Waals surface area contributed by atoms with Gasteiger partial charge in [-0.25, -0.2) is 13.1 Å². The molecular formula is C26H41NO5S. The normalized spacial score (nSPS) is 10.9. The number of methoxy groups -OCH3 is 1. The van der Waals surface area contributed by atoms with Gasteiger partial charge in [0, 0.05) is 7.11 Å². The third kappa shape index (κ3) is 12.1. The number of aryl methyl sites for hydroxylation is 2. The van der Waals surface area contributed by atoms with Crippen molar-refractivity contribution in [3.8, 4) is 11.5 Å². The van der Waals surface area contributed by atoms with Crippen molar-refractivity contribution >= 4 is 10.0 Å². The Morgan fingerprint density at radius 2 is 1.42 bits per heavy atom. The fraction of sp³-hybridized carbons (Fsp3) is 0.538. The zero-order chi connectivity index (χ0) is 24.5. The first kappa shape index (κ1) is 28.9. The van der Waals surface area contributed by atoms with E-state index in [1.54, 1.807) is 19.2 Å². The second kappa shape index (κ2) is 16.5. The molecule has 0 atom stereocenters. The molecule has 6 nitrogen and oxygen atoms in total. The zero-order valence-electron chi connectivity index (χ0n) is 20.9. The van der Waals surface area contributed by atoms with E-state index in [0.717, 1.165) is 24.2 Å². The molecule has 33 heavy (non-hydrogen) atoms. The molecule has 0 aromatic heterocycles. The van der Waals surface area contributed by atoms with Gasteiger partial charge in [0.2, 0.25) is 10.0 Å². The smallest absolute Gasteiger partial charge is 0.244 e. The predicted molar refractivity (Wildman–Crippen MR) is 135 cm³/mol. The molecule has 0 saturated heterocycles. The molecule has 0 radical (unpaired) electrons. The van der Waals surface area contributed by atoms with Gasteiger partial charge in [-0.1, -0.05) is 62.8 Å². The zero-order valence-corrected chi connectivity index (χ0v) is 21.7. The average molecular weight is 480 g/mol. The molecular weight excluding hydrogens is 438 g/mol. The Hall–Kier alpha value is -2.09. The van der Waals surface area contributed by atoms with Crippen molar-refractivity contribution < 1.29 is 22.6 Å². The minimum absolute atomic E-state index is 0.219. The van der Waals surface area contributed by atoms with Gasteiger partial charge in [-0.3, -0.25) is 0 Å². The highest BCUT2D eigenvalue weighted by Gasteiger charge is 2.17. The van der Waals surface area contributed by atoms with Crippen molar-refractivity contribution in [2.45, 2.75) is 64.2 Å². The van der Waals surface area contributed by atoms with Crippen molar-refractivity contribution in [1.82, 2.24) is 4.72 Å². The summed E-state index contributed by atoms with van der Waals surface area (Å²) in [5, 5.41) is 0. The summed E-state index contributed by atoms with van der Waals surface area (Å²) in [4.78, 5) is 0.219. The lowest BCUT2D eigenvalue weighted by Crippen LogP contribution is -2.19. The highest BCUT2D eigenvalue weighted by atomic mass is 32.2. The van der Waals surface area contributed by atoms with Gasteiger partial charge in [-0.05, 0) is 57.1 Å². The second-order valence-electron chi connectivity index (χ2n) is 7.93. The Labute approximate surface area is 200 Å². The molecule has 0 saturated carbocycles. The monoisotopic (exact) mass is 479 g/mol. The van der Waals surface area contributed by atoms with Gasteiger partial charge in [0.25, 0.3) is 0 Å². The minimum Gasteiger partial charge on any atom is -0.492 e. The summed E-state index contributed by atoms with van der Waals surface area (Å²) in [6.45, 7) is 7.92. The molecule has 0 spiro atoms. The number of hydrogen-bond acceptors (Lipinski definition) is 5. The van der Waals surface area contributed by atoms with Crippen molar-refractivity contribution in [2.75, 3.05) is 34.0 Å². The first-order chi connectivity index (χ1) is 15.8. The van der Waals surface area contributed by atoms with Crippen LogP contribution in [0.5, 0.6) is 11.5 Å². The lowest BCUT2D eigenvalue weighted by molar-refractivity contribution is 0.146. The molecule has 0 fully saturated rings. The van der Waals surface area contributed by atoms with E-state index in [1.807, 2.05) is 37.3 Å². The molecule has 0 amide bonds. The van der Waals surface area contributed by atoms with Gasteiger partial charge in [0.15, 0.2) is 0 Å². The first-order valence-electron chi connectivity index (χ1n) is 11.7. The molecule has 0 bridgehead atoms. The quantitative estimate of drug-likeness (QED) is 0.354. The average Bonchev–Trinajstić information content (AvgIpc) is 2.81. The van der Waals surface area contributed by atoms with Gasteiger partial charge >= 0.3 is 0 Å². The maximum atomic E-state index is 12.0. The molecule has 1 N–H and O–H groups in total. The summed E-state index contributed by atoms with van der Waals surface area (Å²) in [5.41, 5.74) is 2.14. The van der Waals surface area contributed by atoms with E-state index >= 15 is 0 Å². The van der Waals surface area contributed by atoms with E-state index in [0.29, 0.717) is 25.6 Å². The van der Waals surface area contributed by atoms with E-state index in [1.165, 1.54) is 38.3 Å². The predicted octanol–water partition coefficient (Wildman–Crippen LogP) is 5.66. The summed E-state index contributed by atoms with van der Waals surface area (Å²) in [6, 6.07) is 13.2. The largest absolute Gasteiger partial charge is 0.492 e. The van der Waals surface area contributed by atoms with Crippen LogP contribution in [0.2, 0.25) is 0 Å². The third-order valence-electron chi connectivity index (χ3n) is 4.99. The Morgan fingerprint density at radius 3 is 2.06 bits per heavy atom. The number of ether oxygens (including phenoxy) is 3. The molecule has 7 heteroatoms. The Bertz CT molecular complexity index is 882. The highest BCUT2D eigenvalue weighted by molar-refractivity contribution is 7.89. The summed E-state index contributed by atoms with van der Waals surface area (Å²) in [5.74, 6) is 1.33. The fourth-order valence-electron chi connectivity index (χ4n) is 3.00. The number of hydrogen-bond donors (Lipinski definition) is 1. The SMILES string of the molecule is CCCCCCCCOc1ccc(C)cc1S(=O)(=O)NC.COCCOc1ccc(C)cc1. The lowest BCUT2D eigenvalue weighted by atomic mass is 10.1. The van der Waals surface area contributed by atoms with Crippen LogP contribution in [0.4, 0.5) is 0 Å². The van der Waals surface area contributed by atoms with Crippen LogP contribution in [0.25, 0.3) is 0 Å². The Balaban J connectivity index is 0.000000383. The maximum absolute atomic E-state index is 12.0. The third-order valence-corrected chi connectivity index (χ3v) is 6.43. The van der Waals surface area contributed by atoms with Crippen LogP contribution in [0.1, 0.15) is 56.6 Å². The Morgan fingerprint density at radius 1 is 0.788 bits per heavy atom. The number of sulfonamides is 1. The van der Waals surface area contributed by atoms with Crippen molar-refractivity contribution in [1.29, 1.82) is 0 Å². The Kier molecular flexibility index (Phi) is 14.5. The summed E-state index contributed by atoms with van der Waals surface area (Å²) >= 11 is 0. The second-order valence-corrected chi connectivity index (χ2v) is 9.78. The molecule has 2 aromatic rings. The molecule has 0 aliphatic heterocycles. The van der Waals surface area contributed by atoms with Crippen LogP contribution >= 0.6 is 0 Å². The van der Waals surface area contributed by atoms with Gasteiger partial charge in [-0.15, -0.1) is 0 Å². The van der Waals surface area contributed by atoms with Gasteiger partial charge in [-0.2, -0.15) is 0 Å². The highest BCUT2D eigenvalue weighted by Crippen LogP contribution is 2.25. The molecule has 186 valence electrons. The van der Waals surface area contributed by atoms with Crippen LogP contribution in [0.15, 0.2) is 47.4 Å². The van der Waals surface area contributed by atoms with Crippen LogP contribution in [-0.2, 0) is 14.8 Å².